The van der Waals surface area contributed by atoms with Crippen molar-refractivity contribution in [3.05, 3.63) is 52.9 Å². The Hall–Kier alpha value is -2.64. The maximum atomic E-state index is 5.34. The molecule has 0 radical (unpaired) electrons. The van der Waals surface area contributed by atoms with Crippen LogP contribution in [0.3, 0.4) is 0 Å². The summed E-state index contributed by atoms with van der Waals surface area (Å²) in [6.07, 6.45) is 3.52. The average molecular weight is 425 g/mol. The molecule has 6 nitrogen and oxygen atoms in total. The zero-order valence-electron chi connectivity index (χ0n) is 17.6. The highest BCUT2D eigenvalue weighted by molar-refractivity contribution is 7.15. The number of hydrogen-bond donors (Lipinski definition) is 1. The van der Waals surface area contributed by atoms with E-state index in [1.54, 1.807) is 25.6 Å². The summed E-state index contributed by atoms with van der Waals surface area (Å²) in [6.45, 7) is 4.21. The molecule has 30 heavy (non-hydrogen) atoms. The van der Waals surface area contributed by atoms with Gasteiger partial charge in [-0.3, -0.25) is 4.90 Å². The van der Waals surface area contributed by atoms with Crippen molar-refractivity contribution < 1.29 is 9.47 Å². The number of likely N-dealkylation sites (tertiary alicyclic amines) is 1. The molecule has 0 aliphatic carbocycles. The van der Waals surface area contributed by atoms with E-state index in [-0.39, 0.29) is 0 Å². The number of anilines is 1. The predicted octanol–water partition coefficient (Wildman–Crippen LogP) is 4.47. The molecule has 4 rings (SSSR count). The number of ether oxygens (including phenoxy) is 2. The summed E-state index contributed by atoms with van der Waals surface area (Å²) < 4.78 is 10.6. The van der Waals surface area contributed by atoms with E-state index in [2.05, 4.69) is 44.5 Å². The summed E-state index contributed by atoms with van der Waals surface area (Å²) >= 11 is 1.80. The third-order valence-electron chi connectivity index (χ3n) is 5.26. The van der Waals surface area contributed by atoms with Gasteiger partial charge in [-0.1, -0.05) is 12.1 Å². The van der Waals surface area contributed by atoms with Gasteiger partial charge in [0, 0.05) is 24.0 Å². The molecule has 1 saturated heterocycles. The molecule has 1 N–H and O–H groups in total. The second-order valence-electron chi connectivity index (χ2n) is 7.40. The van der Waals surface area contributed by atoms with E-state index in [0.717, 1.165) is 41.6 Å². The molecular weight excluding hydrogens is 396 g/mol. The highest BCUT2D eigenvalue weighted by Crippen LogP contribution is 2.30. The van der Waals surface area contributed by atoms with Crippen molar-refractivity contribution in [3.63, 3.8) is 0 Å². The fourth-order valence-electron chi connectivity index (χ4n) is 3.62. The molecule has 2 aromatic heterocycles. The quantitative estimate of drug-likeness (QED) is 0.547. The fourth-order valence-corrected chi connectivity index (χ4v) is 4.63. The van der Waals surface area contributed by atoms with Gasteiger partial charge in [-0.25, -0.2) is 0 Å². The monoisotopic (exact) mass is 424 g/mol. The van der Waals surface area contributed by atoms with Gasteiger partial charge in [-0.2, -0.15) is 9.97 Å². The summed E-state index contributed by atoms with van der Waals surface area (Å²) in [5.74, 6) is 1.65. The molecule has 0 atom stereocenters. The van der Waals surface area contributed by atoms with Crippen LogP contribution in [0.4, 0.5) is 5.82 Å². The predicted molar refractivity (Wildman–Crippen MR) is 122 cm³/mol. The van der Waals surface area contributed by atoms with Crippen LogP contribution in [0.2, 0.25) is 0 Å². The van der Waals surface area contributed by atoms with E-state index in [1.165, 1.54) is 36.4 Å². The minimum Gasteiger partial charge on any atom is -0.497 e. The number of nitrogens with zero attached hydrogens (tertiary/aromatic N) is 3. The third-order valence-corrected chi connectivity index (χ3v) is 6.35. The van der Waals surface area contributed by atoms with Gasteiger partial charge < -0.3 is 14.8 Å². The Bertz CT molecular complexity index is 952. The number of hydrogen-bond acceptors (Lipinski definition) is 7. The van der Waals surface area contributed by atoms with Gasteiger partial charge in [0.15, 0.2) is 0 Å². The van der Waals surface area contributed by atoms with Crippen molar-refractivity contribution >= 4 is 17.2 Å². The van der Waals surface area contributed by atoms with Crippen LogP contribution in [-0.4, -0.2) is 48.7 Å². The standard InChI is InChI=1S/C23H28N4O2S/c1-28-18-7-5-17(6-8-18)11-12-24-22-15-20(25-23(26-22)29-2)21-10-9-19(30-21)16-27-13-3-4-14-27/h5-10,15H,3-4,11-14,16H2,1-2H3,(H,24,25,26). The number of rotatable bonds is 9. The summed E-state index contributed by atoms with van der Waals surface area (Å²) in [5, 5.41) is 3.41. The van der Waals surface area contributed by atoms with Crippen LogP contribution in [0.25, 0.3) is 10.6 Å². The van der Waals surface area contributed by atoms with E-state index in [9.17, 15) is 0 Å². The van der Waals surface area contributed by atoms with Crippen LogP contribution < -0.4 is 14.8 Å². The minimum absolute atomic E-state index is 0.383. The first-order valence-electron chi connectivity index (χ1n) is 10.3. The largest absolute Gasteiger partial charge is 0.497 e. The van der Waals surface area contributed by atoms with Gasteiger partial charge in [0.05, 0.1) is 24.8 Å². The zero-order valence-corrected chi connectivity index (χ0v) is 18.4. The van der Waals surface area contributed by atoms with Crippen molar-refractivity contribution in [2.75, 3.05) is 39.2 Å². The van der Waals surface area contributed by atoms with Gasteiger partial charge in [-0.15, -0.1) is 11.3 Å². The van der Waals surface area contributed by atoms with Crippen molar-refractivity contribution in [2.24, 2.45) is 0 Å². The second-order valence-corrected chi connectivity index (χ2v) is 8.57. The molecule has 0 bridgehead atoms. The maximum Gasteiger partial charge on any atom is 0.318 e. The molecule has 1 fully saturated rings. The molecule has 0 saturated carbocycles. The summed E-state index contributed by atoms with van der Waals surface area (Å²) in [5.41, 5.74) is 2.14. The van der Waals surface area contributed by atoms with E-state index < -0.39 is 0 Å². The molecule has 7 heteroatoms. The van der Waals surface area contributed by atoms with E-state index in [4.69, 9.17) is 9.47 Å². The number of thiophene rings is 1. The number of methoxy groups -OCH3 is 2. The Balaban J connectivity index is 1.41. The first-order valence-corrected chi connectivity index (χ1v) is 11.2. The smallest absolute Gasteiger partial charge is 0.318 e. The molecule has 158 valence electrons. The summed E-state index contributed by atoms with van der Waals surface area (Å²) in [7, 11) is 3.28. The highest BCUT2D eigenvalue weighted by Gasteiger charge is 2.14. The van der Waals surface area contributed by atoms with Crippen molar-refractivity contribution in [1.29, 1.82) is 0 Å². The van der Waals surface area contributed by atoms with Crippen LogP contribution in [0.15, 0.2) is 42.5 Å². The summed E-state index contributed by atoms with van der Waals surface area (Å²) in [4.78, 5) is 14.1. The number of benzene rings is 1. The SMILES string of the molecule is COc1ccc(CCNc2cc(-c3ccc(CN4CCCC4)s3)nc(OC)n2)cc1. The second kappa shape index (κ2) is 9.91. The normalized spacial score (nSPS) is 14.1. The average Bonchev–Trinajstić information content (AvgIpc) is 3.47. The molecule has 0 spiro atoms. The first kappa shape index (κ1) is 20.6. The maximum absolute atomic E-state index is 5.34. The van der Waals surface area contributed by atoms with Gasteiger partial charge in [0.2, 0.25) is 0 Å². The topological polar surface area (TPSA) is 59.5 Å². The van der Waals surface area contributed by atoms with Crippen LogP contribution in [-0.2, 0) is 13.0 Å². The minimum atomic E-state index is 0.383. The molecule has 3 aromatic rings. The van der Waals surface area contributed by atoms with E-state index in [1.807, 2.05) is 18.2 Å². The molecule has 0 unspecified atom stereocenters. The van der Waals surface area contributed by atoms with Crippen molar-refractivity contribution in [3.8, 4) is 22.3 Å². The Kier molecular flexibility index (Phi) is 6.81. The number of nitrogens with one attached hydrogen (secondary N) is 1. The summed E-state index contributed by atoms with van der Waals surface area (Å²) in [6, 6.07) is 14.9. The van der Waals surface area contributed by atoms with E-state index in [0.29, 0.717) is 6.01 Å². The fraction of sp³-hybridized carbons (Fsp3) is 0.391. The van der Waals surface area contributed by atoms with Gasteiger partial charge in [0.1, 0.15) is 11.6 Å². The van der Waals surface area contributed by atoms with Gasteiger partial charge in [0.25, 0.3) is 0 Å². The lowest BCUT2D eigenvalue weighted by Crippen LogP contribution is -2.17. The van der Waals surface area contributed by atoms with Crippen LogP contribution >= 0.6 is 11.3 Å². The Morgan fingerprint density at radius 3 is 2.53 bits per heavy atom. The van der Waals surface area contributed by atoms with Gasteiger partial charge >= 0.3 is 6.01 Å². The molecule has 1 aromatic carbocycles. The Morgan fingerprint density at radius 1 is 1.00 bits per heavy atom. The molecule has 1 aliphatic rings. The Morgan fingerprint density at radius 2 is 1.80 bits per heavy atom. The number of aromatic nitrogens is 2. The lowest BCUT2D eigenvalue weighted by molar-refractivity contribution is 0.334. The van der Waals surface area contributed by atoms with Crippen LogP contribution in [0.5, 0.6) is 11.8 Å². The van der Waals surface area contributed by atoms with Gasteiger partial charge in [-0.05, 0) is 62.2 Å². The van der Waals surface area contributed by atoms with Crippen LogP contribution in [0.1, 0.15) is 23.3 Å². The Labute approximate surface area is 181 Å². The zero-order chi connectivity index (χ0) is 20.8. The highest BCUT2D eigenvalue weighted by atomic mass is 32.1. The lowest BCUT2D eigenvalue weighted by Gasteiger charge is -2.12. The van der Waals surface area contributed by atoms with Crippen molar-refractivity contribution in [2.45, 2.75) is 25.8 Å². The van der Waals surface area contributed by atoms with Crippen molar-refractivity contribution in [1.82, 2.24) is 14.9 Å². The van der Waals surface area contributed by atoms with Crippen LogP contribution in [0, 0.1) is 0 Å². The first-order chi connectivity index (χ1) is 14.7. The molecular formula is C23H28N4O2S. The third kappa shape index (κ3) is 5.29. The van der Waals surface area contributed by atoms with E-state index >= 15 is 0 Å². The lowest BCUT2D eigenvalue weighted by atomic mass is 10.1. The molecule has 1 aliphatic heterocycles. The molecule has 3 heterocycles. The molecule has 0 amide bonds.